The van der Waals surface area contributed by atoms with E-state index in [2.05, 4.69) is 0 Å². The van der Waals surface area contributed by atoms with E-state index in [1.165, 1.54) is 6.07 Å². The van der Waals surface area contributed by atoms with Crippen LogP contribution in [0.2, 0.25) is 0 Å². The summed E-state index contributed by atoms with van der Waals surface area (Å²) >= 11 is 0. The van der Waals surface area contributed by atoms with Gasteiger partial charge in [0.1, 0.15) is 5.69 Å². The van der Waals surface area contributed by atoms with Gasteiger partial charge in [0.15, 0.2) is 0 Å². The minimum Gasteiger partial charge on any atom is -0.392 e. The molecule has 0 atom stereocenters. The van der Waals surface area contributed by atoms with Gasteiger partial charge < -0.3 is 19.5 Å². The van der Waals surface area contributed by atoms with Crippen molar-refractivity contribution in [1.29, 1.82) is 0 Å². The van der Waals surface area contributed by atoms with E-state index in [1.54, 1.807) is 12.1 Å². The summed E-state index contributed by atoms with van der Waals surface area (Å²) in [5, 5.41) is 20.6. The van der Waals surface area contributed by atoms with Gasteiger partial charge in [0, 0.05) is 32.4 Å². The molecule has 2 fully saturated rings. The van der Waals surface area contributed by atoms with Gasteiger partial charge >= 0.3 is 0 Å². The van der Waals surface area contributed by atoms with E-state index in [9.17, 15) is 15.2 Å². The zero-order valence-corrected chi connectivity index (χ0v) is 13.7. The van der Waals surface area contributed by atoms with E-state index >= 15 is 0 Å². The lowest BCUT2D eigenvalue weighted by Crippen LogP contribution is -2.39. The molecule has 0 spiro atoms. The topological polar surface area (TPSA) is 85.1 Å². The van der Waals surface area contributed by atoms with Crippen molar-refractivity contribution in [3.05, 3.63) is 33.9 Å². The molecule has 0 amide bonds. The molecule has 24 heavy (non-hydrogen) atoms. The van der Waals surface area contributed by atoms with E-state index in [4.69, 9.17) is 9.47 Å². The molecule has 0 saturated carbocycles. The van der Waals surface area contributed by atoms with Crippen LogP contribution in [0.3, 0.4) is 0 Å². The minimum absolute atomic E-state index is 0.0935. The van der Waals surface area contributed by atoms with Crippen molar-refractivity contribution in [2.24, 2.45) is 0 Å². The Balaban J connectivity index is 1.62. The van der Waals surface area contributed by atoms with Crippen molar-refractivity contribution in [2.75, 3.05) is 31.2 Å². The van der Waals surface area contributed by atoms with Crippen LogP contribution in [-0.4, -0.2) is 48.5 Å². The molecule has 0 aromatic heterocycles. The second-order valence-corrected chi connectivity index (χ2v) is 6.37. The summed E-state index contributed by atoms with van der Waals surface area (Å²) in [7, 11) is 0. The summed E-state index contributed by atoms with van der Waals surface area (Å²) < 4.78 is 11.5. The number of anilines is 1. The average Bonchev–Trinajstić information content (AvgIpc) is 2.62. The van der Waals surface area contributed by atoms with Gasteiger partial charge in [-0.3, -0.25) is 10.1 Å². The van der Waals surface area contributed by atoms with E-state index in [-0.39, 0.29) is 29.4 Å². The molecule has 1 N–H and O–H groups in total. The Kier molecular flexibility index (Phi) is 5.65. The van der Waals surface area contributed by atoms with Crippen molar-refractivity contribution < 1.29 is 19.5 Å². The first kappa shape index (κ1) is 17.1. The Morgan fingerprint density at radius 2 is 1.88 bits per heavy atom. The quantitative estimate of drug-likeness (QED) is 0.656. The van der Waals surface area contributed by atoms with Crippen molar-refractivity contribution in [2.45, 2.75) is 44.5 Å². The molecule has 0 unspecified atom stereocenters. The highest BCUT2D eigenvalue weighted by molar-refractivity contribution is 5.64. The molecule has 7 heteroatoms. The van der Waals surface area contributed by atoms with Crippen molar-refractivity contribution in [3.63, 3.8) is 0 Å². The summed E-state index contributed by atoms with van der Waals surface area (Å²) in [5.74, 6) is 0. The monoisotopic (exact) mass is 336 g/mol. The first-order chi connectivity index (χ1) is 11.7. The summed E-state index contributed by atoms with van der Waals surface area (Å²) in [6.45, 7) is 2.87. The van der Waals surface area contributed by atoms with E-state index in [0.717, 1.165) is 52.0 Å². The standard InChI is InChI=1S/C17H24N2O5/c20-12-13-1-2-16(19(21)22)17(11-13)18-7-3-14(4-8-18)24-15-5-9-23-10-6-15/h1-2,11,14-15,20H,3-10,12H2. The number of aliphatic hydroxyl groups is 1. The SMILES string of the molecule is O=[N+]([O-])c1ccc(CO)cc1N1CCC(OC2CCOCC2)CC1. The molecule has 7 nitrogen and oxygen atoms in total. The number of rotatable bonds is 5. The van der Waals surface area contributed by atoms with Crippen LogP contribution < -0.4 is 4.90 Å². The van der Waals surface area contributed by atoms with E-state index < -0.39 is 0 Å². The summed E-state index contributed by atoms with van der Waals surface area (Å²) in [5.41, 5.74) is 1.38. The molecular formula is C17H24N2O5. The Morgan fingerprint density at radius 3 is 2.50 bits per heavy atom. The van der Waals surface area contributed by atoms with Gasteiger partial charge in [-0.15, -0.1) is 0 Å². The Morgan fingerprint density at radius 1 is 1.21 bits per heavy atom. The van der Waals surface area contributed by atoms with Crippen molar-refractivity contribution in [3.8, 4) is 0 Å². The van der Waals surface area contributed by atoms with Crippen LogP contribution in [0.4, 0.5) is 11.4 Å². The Labute approximate surface area is 141 Å². The van der Waals surface area contributed by atoms with Gasteiger partial charge in [0.2, 0.25) is 0 Å². The predicted octanol–water partition coefficient (Wildman–Crippen LogP) is 2.25. The molecule has 132 valence electrons. The number of hydrogen-bond donors (Lipinski definition) is 1. The summed E-state index contributed by atoms with van der Waals surface area (Å²) in [4.78, 5) is 12.9. The molecule has 2 aliphatic rings. The number of nitrogens with zero attached hydrogens (tertiary/aromatic N) is 2. The van der Waals surface area contributed by atoms with Crippen LogP contribution in [0.15, 0.2) is 18.2 Å². The first-order valence-corrected chi connectivity index (χ1v) is 8.53. The third-order valence-corrected chi connectivity index (χ3v) is 4.75. The number of nitro groups is 1. The molecular weight excluding hydrogens is 312 g/mol. The van der Waals surface area contributed by atoms with Gasteiger partial charge in [-0.1, -0.05) is 0 Å². The molecule has 2 aliphatic heterocycles. The number of benzene rings is 1. The predicted molar refractivity (Wildman–Crippen MR) is 89.2 cm³/mol. The second kappa shape index (κ2) is 7.92. The second-order valence-electron chi connectivity index (χ2n) is 6.37. The third kappa shape index (κ3) is 4.03. The van der Waals surface area contributed by atoms with Gasteiger partial charge in [0.25, 0.3) is 5.69 Å². The van der Waals surface area contributed by atoms with Crippen LogP contribution in [0.1, 0.15) is 31.2 Å². The van der Waals surface area contributed by atoms with Gasteiger partial charge in [-0.25, -0.2) is 0 Å². The normalized spacial score (nSPS) is 20.3. The smallest absolute Gasteiger partial charge is 0.292 e. The average molecular weight is 336 g/mol. The van der Waals surface area contributed by atoms with Gasteiger partial charge in [0.05, 0.1) is 23.7 Å². The van der Waals surface area contributed by atoms with E-state index in [1.807, 2.05) is 4.90 Å². The van der Waals surface area contributed by atoms with Gasteiger partial charge in [-0.2, -0.15) is 0 Å². The number of nitro benzene ring substituents is 1. The minimum atomic E-state index is -0.360. The van der Waals surface area contributed by atoms with Crippen LogP contribution in [0, 0.1) is 10.1 Å². The maximum absolute atomic E-state index is 11.3. The lowest BCUT2D eigenvalue weighted by Gasteiger charge is -2.35. The largest absolute Gasteiger partial charge is 0.392 e. The van der Waals surface area contributed by atoms with Gasteiger partial charge in [-0.05, 0) is 43.4 Å². The molecule has 3 rings (SSSR count). The number of piperidine rings is 1. The maximum Gasteiger partial charge on any atom is 0.292 e. The lowest BCUT2D eigenvalue weighted by atomic mass is 10.0. The molecule has 2 heterocycles. The molecule has 0 aliphatic carbocycles. The highest BCUT2D eigenvalue weighted by Crippen LogP contribution is 2.32. The summed E-state index contributed by atoms with van der Waals surface area (Å²) in [6, 6.07) is 4.80. The lowest BCUT2D eigenvalue weighted by molar-refractivity contribution is -0.384. The molecule has 0 bridgehead atoms. The number of ether oxygens (including phenoxy) is 2. The van der Waals surface area contributed by atoms with Crippen molar-refractivity contribution >= 4 is 11.4 Å². The molecule has 0 radical (unpaired) electrons. The van der Waals surface area contributed by atoms with Crippen LogP contribution in [0.25, 0.3) is 0 Å². The van der Waals surface area contributed by atoms with E-state index in [0.29, 0.717) is 11.3 Å². The zero-order valence-electron chi connectivity index (χ0n) is 13.7. The number of hydrogen-bond acceptors (Lipinski definition) is 6. The summed E-state index contributed by atoms with van der Waals surface area (Å²) in [6.07, 6.45) is 4.11. The van der Waals surface area contributed by atoms with Crippen molar-refractivity contribution in [1.82, 2.24) is 0 Å². The van der Waals surface area contributed by atoms with Crippen LogP contribution in [-0.2, 0) is 16.1 Å². The fourth-order valence-corrected chi connectivity index (χ4v) is 3.39. The van der Waals surface area contributed by atoms with Crippen LogP contribution in [0.5, 0.6) is 0 Å². The number of aliphatic hydroxyl groups excluding tert-OH is 1. The third-order valence-electron chi connectivity index (χ3n) is 4.75. The molecule has 1 aromatic rings. The first-order valence-electron chi connectivity index (χ1n) is 8.53. The fraction of sp³-hybridized carbons (Fsp3) is 0.647. The Bertz CT molecular complexity index is 566. The highest BCUT2D eigenvalue weighted by atomic mass is 16.6. The molecule has 1 aromatic carbocycles. The Hall–Kier alpha value is -1.70. The highest BCUT2D eigenvalue weighted by Gasteiger charge is 2.27. The fourth-order valence-electron chi connectivity index (χ4n) is 3.39. The van der Waals surface area contributed by atoms with Crippen LogP contribution >= 0.6 is 0 Å². The molecule has 2 saturated heterocycles. The zero-order chi connectivity index (χ0) is 16.9. The maximum atomic E-state index is 11.3.